The Morgan fingerprint density at radius 1 is 1.03 bits per heavy atom. The molecule has 8 heteroatoms. The second kappa shape index (κ2) is 12.1. The number of rotatable bonds is 9. The highest BCUT2D eigenvalue weighted by Crippen LogP contribution is 2.33. The van der Waals surface area contributed by atoms with Crippen LogP contribution in [0.2, 0.25) is 0 Å². The Bertz CT molecular complexity index is 1230. The molecule has 0 radical (unpaired) electrons. The lowest BCUT2D eigenvalue weighted by Crippen LogP contribution is -2.48. The minimum atomic E-state index is -0.339. The summed E-state index contributed by atoms with van der Waals surface area (Å²) >= 11 is 0. The summed E-state index contributed by atoms with van der Waals surface area (Å²) in [6.07, 6.45) is 2.79. The van der Waals surface area contributed by atoms with Gasteiger partial charge in [-0.2, -0.15) is 0 Å². The molecule has 1 atom stereocenters. The molecule has 2 heterocycles. The summed E-state index contributed by atoms with van der Waals surface area (Å²) in [5.41, 5.74) is 3.95. The summed E-state index contributed by atoms with van der Waals surface area (Å²) < 4.78 is 12.8. The van der Waals surface area contributed by atoms with Crippen molar-refractivity contribution in [3.05, 3.63) is 77.6 Å². The zero-order chi connectivity index (χ0) is 27.2. The number of ether oxygens (including phenoxy) is 2. The molecule has 0 saturated carbocycles. The molecule has 0 saturated heterocycles. The normalized spacial score (nSPS) is 14.7. The molecule has 202 valence electrons. The minimum absolute atomic E-state index is 0.0118. The highest BCUT2D eigenvalue weighted by Gasteiger charge is 2.33. The number of fused-ring (bicyclic) bond motifs is 1. The van der Waals surface area contributed by atoms with Gasteiger partial charge in [-0.3, -0.25) is 4.79 Å². The quantitative estimate of drug-likeness (QED) is 0.406. The predicted octanol–water partition coefficient (Wildman–Crippen LogP) is 5.50. The van der Waals surface area contributed by atoms with Gasteiger partial charge in [0, 0.05) is 55.4 Å². The van der Waals surface area contributed by atoms with Gasteiger partial charge >= 0.3 is 6.03 Å². The Kier molecular flexibility index (Phi) is 8.61. The van der Waals surface area contributed by atoms with Crippen LogP contribution in [0, 0.1) is 0 Å². The summed E-state index contributed by atoms with van der Waals surface area (Å²) in [7, 11) is 3.12. The maximum atomic E-state index is 13.8. The fourth-order valence-corrected chi connectivity index (χ4v) is 4.92. The van der Waals surface area contributed by atoms with Crippen molar-refractivity contribution < 1.29 is 19.1 Å². The SMILES string of the molecule is CCCN(CC(=O)N1CCn2cccc2[C@H]1c1ccc(C(C)C)cc1)C(=O)Nc1cc(OC)cc(OC)c1. The molecule has 3 aromatic rings. The molecule has 38 heavy (non-hydrogen) atoms. The number of amides is 3. The van der Waals surface area contributed by atoms with Crippen molar-refractivity contribution in [2.75, 3.05) is 39.2 Å². The smallest absolute Gasteiger partial charge is 0.322 e. The molecular weight excluding hydrogens is 480 g/mol. The first-order valence-electron chi connectivity index (χ1n) is 13.2. The van der Waals surface area contributed by atoms with Crippen molar-refractivity contribution in [3.63, 3.8) is 0 Å². The number of anilines is 1. The van der Waals surface area contributed by atoms with Gasteiger partial charge in [0.2, 0.25) is 5.91 Å². The fourth-order valence-electron chi connectivity index (χ4n) is 4.92. The average molecular weight is 519 g/mol. The van der Waals surface area contributed by atoms with E-state index in [-0.39, 0.29) is 24.5 Å². The van der Waals surface area contributed by atoms with E-state index in [1.54, 1.807) is 37.3 Å². The Morgan fingerprint density at radius 2 is 1.71 bits per heavy atom. The molecular formula is C30H38N4O4. The van der Waals surface area contributed by atoms with Gasteiger partial charge in [-0.15, -0.1) is 0 Å². The molecule has 0 fully saturated rings. The average Bonchev–Trinajstić information content (AvgIpc) is 3.41. The molecule has 1 N–H and O–H groups in total. The summed E-state index contributed by atoms with van der Waals surface area (Å²) in [4.78, 5) is 30.6. The lowest BCUT2D eigenvalue weighted by atomic mass is 9.95. The van der Waals surface area contributed by atoms with Gasteiger partial charge in [0.15, 0.2) is 0 Å². The fraction of sp³-hybridized carbons (Fsp3) is 0.400. The van der Waals surface area contributed by atoms with E-state index in [1.165, 1.54) is 5.56 Å². The van der Waals surface area contributed by atoms with Crippen LogP contribution in [0.25, 0.3) is 0 Å². The standard InChI is InChI=1S/C30H38N4O4/c1-6-13-33(30(36)31-24-17-25(37-4)19-26(18-24)38-5)20-28(35)34-16-15-32-14-7-8-27(32)29(34)23-11-9-22(10-12-23)21(2)3/h7-12,14,17-19,21,29H,6,13,15-16,20H2,1-5H3,(H,31,36)/t29-/m1/s1. The second-order valence-electron chi connectivity index (χ2n) is 9.89. The molecule has 0 aliphatic carbocycles. The van der Waals surface area contributed by atoms with Crippen LogP contribution in [0.4, 0.5) is 10.5 Å². The third kappa shape index (κ3) is 5.96. The molecule has 2 aromatic carbocycles. The maximum Gasteiger partial charge on any atom is 0.322 e. The van der Waals surface area contributed by atoms with Crippen LogP contribution in [0.1, 0.15) is 56.0 Å². The van der Waals surface area contributed by atoms with Crippen LogP contribution in [0.15, 0.2) is 60.8 Å². The summed E-state index contributed by atoms with van der Waals surface area (Å²) in [5.74, 6) is 1.49. The van der Waals surface area contributed by atoms with Gasteiger partial charge in [0.1, 0.15) is 18.0 Å². The van der Waals surface area contributed by atoms with Gasteiger partial charge in [0.05, 0.1) is 20.3 Å². The number of benzene rings is 2. The molecule has 3 amide bonds. The van der Waals surface area contributed by atoms with Crippen LogP contribution in [0.5, 0.6) is 11.5 Å². The number of carbonyl (C=O) groups is 2. The molecule has 0 bridgehead atoms. The van der Waals surface area contributed by atoms with Crippen molar-refractivity contribution in [2.24, 2.45) is 0 Å². The molecule has 1 aromatic heterocycles. The molecule has 1 aliphatic rings. The molecule has 8 nitrogen and oxygen atoms in total. The van der Waals surface area contributed by atoms with Crippen molar-refractivity contribution >= 4 is 17.6 Å². The van der Waals surface area contributed by atoms with Crippen molar-refractivity contribution in [3.8, 4) is 11.5 Å². The number of nitrogens with zero attached hydrogens (tertiary/aromatic N) is 3. The molecule has 0 unspecified atom stereocenters. The minimum Gasteiger partial charge on any atom is -0.497 e. The number of nitrogens with one attached hydrogen (secondary N) is 1. The number of hydrogen-bond donors (Lipinski definition) is 1. The van der Waals surface area contributed by atoms with E-state index < -0.39 is 0 Å². The van der Waals surface area contributed by atoms with Crippen LogP contribution >= 0.6 is 0 Å². The van der Waals surface area contributed by atoms with E-state index in [0.29, 0.717) is 36.2 Å². The zero-order valence-electron chi connectivity index (χ0n) is 22.9. The monoisotopic (exact) mass is 518 g/mol. The Labute approximate surface area is 225 Å². The highest BCUT2D eigenvalue weighted by molar-refractivity contribution is 5.93. The third-order valence-electron chi connectivity index (χ3n) is 6.99. The van der Waals surface area contributed by atoms with Gasteiger partial charge in [-0.1, -0.05) is 45.0 Å². The number of methoxy groups -OCH3 is 2. The van der Waals surface area contributed by atoms with Crippen molar-refractivity contribution in [2.45, 2.75) is 45.7 Å². The van der Waals surface area contributed by atoms with E-state index in [9.17, 15) is 9.59 Å². The number of carbonyl (C=O) groups excluding carboxylic acids is 2. The molecule has 1 aliphatic heterocycles. The van der Waals surface area contributed by atoms with Crippen LogP contribution in [-0.4, -0.2) is 60.2 Å². The number of hydrogen-bond acceptors (Lipinski definition) is 4. The Morgan fingerprint density at radius 3 is 2.32 bits per heavy atom. The number of aromatic nitrogens is 1. The van der Waals surface area contributed by atoms with Crippen LogP contribution in [-0.2, 0) is 11.3 Å². The summed E-state index contributed by atoms with van der Waals surface area (Å²) in [6, 6.07) is 17.3. The first-order chi connectivity index (χ1) is 18.3. The molecule has 0 spiro atoms. The number of urea groups is 1. The largest absolute Gasteiger partial charge is 0.497 e. The maximum absolute atomic E-state index is 13.8. The zero-order valence-corrected chi connectivity index (χ0v) is 22.9. The van der Waals surface area contributed by atoms with E-state index in [1.807, 2.05) is 17.9 Å². The van der Waals surface area contributed by atoms with Crippen molar-refractivity contribution in [1.82, 2.24) is 14.4 Å². The highest BCUT2D eigenvalue weighted by atomic mass is 16.5. The van der Waals surface area contributed by atoms with E-state index in [0.717, 1.165) is 24.2 Å². The predicted molar refractivity (Wildman–Crippen MR) is 149 cm³/mol. The first kappa shape index (κ1) is 27.1. The van der Waals surface area contributed by atoms with E-state index in [4.69, 9.17) is 9.47 Å². The van der Waals surface area contributed by atoms with E-state index >= 15 is 0 Å². The topological polar surface area (TPSA) is 76.0 Å². The molecule has 4 rings (SSSR count). The summed E-state index contributed by atoms with van der Waals surface area (Å²) in [6.45, 7) is 8.08. The lowest BCUT2D eigenvalue weighted by Gasteiger charge is -2.38. The Balaban J connectivity index is 1.55. The van der Waals surface area contributed by atoms with Crippen LogP contribution in [0.3, 0.4) is 0 Å². The van der Waals surface area contributed by atoms with Gasteiger partial charge < -0.3 is 29.2 Å². The third-order valence-corrected chi connectivity index (χ3v) is 6.99. The van der Waals surface area contributed by atoms with E-state index in [2.05, 4.69) is 60.3 Å². The second-order valence-corrected chi connectivity index (χ2v) is 9.89. The summed E-state index contributed by atoms with van der Waals surface area (Å²) in [5, 5.41) is 2.91. The lowest BCUT2D eigenvalue weighted by molar-refractivity contribution is -0.134. The Hall–Kier alpha value is -3.94. The first-order valence-corrected chi connectivity index (χ1v) is 13.2. The van der Waals surface area contributed by atoms with Crippen molar-refractivity contribution in [1.29, 1.82) is 0 Å². The van der Waals surface area contributed by atoms with Gasteiger partial charge in [-0.05, 0) is 35.6 Å². The van der Waals surface area contributed by atoms with Gasteiger partial charge in [0.25, 0.3) is 0 Å². The van der Waals surface area contributed by atoms with Gasteiger partial charge in [-0.25, -0.2) is 4.79 Å². The van der Waals surface area contributed by atoms with Crippen LogP contribution < -0.4 is 14.8 Å².